The van der Waals surface area contributed by atoms with E-state index < -0.39 is 5.91 Å². The molecule has 2 N–H and O–H groups in total. The van der Waals surface area contributed by atoms with E-state index in [0.717, 1.165) is 25.1 Å². The van der Waals surface area contributed by atoms with Gasteiger partial charge < -0.3 is 15.2 Å². The maximum absolute atomic E-state index is 14.5. The zero-order chi connectivity index (χ0) is 26.7. The number of pyridine rings is 1. The van der Waals surface area contributed by atoms with Gasteiger partial charge in [0.25, 0.3) is 0 Å². The highest BCUT2D eigenvalue weighted by molar-refractivity contribution is 5.92. The predicted molar refractivity (Wildman–Crippen MR) is 146 cm³/mol. The third-order valence-electron chi connectivity index (χ3n) is 6.36. The number of nitrogens with zero attached hydrogens (tertiary/aromatic N) is 2. The van der Waals surface area contributed by atoms with E-state index in [1.165, 1.54) is 30.5 Å². The lowest BCUT2D eigenvalue weighted by atomic mass is 9.90. The van der Waals surface area contributed by atoms with Crippen LogP contribution in [0.3, 0.4) is 0 Å². The topological polar surface area (TPSA) is 77.7 Å². The van der Waals surface area contributed by atoms with Gasteiger partial charge in [0.2, 0.25) is 11.8 Å². The number of aromatic nitrogens is 1. The van der Waals surface area contributed by atoms with Crippen LogP contribution >= 0.6 is 0 Å². The Labute approximate surface area is 222 Å². The summed E-state index contributed by atoms with van der Waals surface area (Å²) in [6.07, 6.45) is 2.14. The maximum Gasteiger partial charge on any atom is 0.250 e. The number of carbonyl (C=O) groups excluding carboxylic acids is 1. The highest BCUT2D eigenvalue weighted by Gasteiger charge is 2.19. The molecule has 7 heteroatoms. The van der Waals surface area contributed by atoms with Gasteiger partial charge in [0.05, 0.1) is 19.3 Å². The number of primary amides is 1. The van der Waals surface area contributed by atoms with Crippen molar-refractivity contribution in [3.8, 4) is 11.6 Å². The van der Waals surface area contributed by atoms with Crippen molar-refractivity contribution in [2.24, 2.45) is 5.73 Å². The molecule has 1 aromatic heterocycles. The van der Waals surface area contributed by atoms with Gasteiger partial charge in [-0.2, -0.15) is 0 Å². The van der Waals surface area contributed by atoms with E-state index in [9.17, 15) is 9.18 Å². The molecule has 0 radical (unpaired) electrons. The number of ether oxygens (including phenoxy) is 2. The number of hydrogen-bond acceptors (Lipinski definition) is 5. The highest BCUT2D eigenvalue weighted by Crippen LogP contribution is 2.27. The molecule has 38 heavy (non-hydrogen) atoms. The summed E-state index contributed by atoms with van der Waals surface area (Å²) in [5.41, 5.74) is 8.92. The standard InChI is InChI=1S/C31H32FN3O3/c1-37-29-15-13-23(19-28(29)32)21-35(17-8-18-38-30-16-14-26(20-34-30)31(33)36)22-27(24-9-4-2-5-10-24)25-11-6-3-7-12-25/h2-7,9-16,19-20,27H,8,17-18,21-22H2,1H3,(H2,33,36). The second kappa shape index (κ2) is 13.4. The van der Waals surface area contributed by atoms with E-state index in [2.05, 4.69) is 58.4 Å². The van der Waals surface area contributed by atoms with Crippen LogP contribution in [0.15, 0.2) is 97.2 Å². The van der Waals surface area contributed by atoms with Crippen molar-refractivity contribution < 1.29 is 18.7 Å². The van der Waals surface area contributed by atoms with Gasteiger partial charge in [0, 0.05) is 37.8 Å². The summed E-state index contributed by atoms with van der Waals surface area (Å²) in [4.78, 5) is 17.7. The number of methoxy groups -OCH3 is 1. The number of nitrogens with two attached hydrogens (primary N) is 1. The lowest BCUT2D eigenvalue weighted by Crippen LogP contribution is -2.31. The van der Waals surface area contributed by atoms with Gasteiger partial charge in [-0.25, -0.2) is 9.37 Å². The van der Waals surface area contributed by atoms with Gasteiger partial charge in [-0.3, -0.25) is 9.69 Å². The minimum Gasteiger partial charge on any atom is -0.494 e. The lowest BCUT2D eigenvalue weighted by Gasteiger charge is -2.28. The third-order valence-corrected chi connectivity index (χ3v) is 6.36. The Balaban J connectivity index is 1.49. The largest absolute Gasteiger partial charge is 0.494 e. The van der Waals surface area contributed by atoms with Gasteiger partial charge in [-0.1, -0.05) is 66.7 Å². The summed E-state index contributed by atoms with van der Waals surface area (Å²) in [6.45, 7) is 2.48. The Hall–Kier alpha value is -4.23. The molecule has 6 nitrogen and oxygen atoms in total. The van der Waals surface area contributed by atoms with Crippen LogP contribution in [0.1, 0.15) is 39.4 Å². The van der Waals surface area contributed by atoms with Gasteiger partial charge in [0.1, 0.15) is 0 Å². The van der Waals surface area contributed by atoms with E-state index in [1.54, 1.807) is 18.2 Å². The van der Waals surface area contributed by atoms with Gasteiger partial charge in [0.15, 0.2) is 11.6 Å². The Morgan fingerprint density at radius 3 is 2.21 bits per heavy atom. The molecule has 4 rings (SSSR count). The fourth-order valence-corrected chi connectivity index (χ4v) is 4.41. The molecule has 0 aliphatic heterocycles. The van der Waals surface area contributed by atoms with Crippen molar-refractivity contribution in [2.45, 2.75) is 18.9 Å². The second-order valence-corrected chi connectivity index (χ2v) is 9.03. The fourth-order valence-electron chi connectivity index (χ4n) is 4.41. The van der Waals surface area contributed by atoms with Crippen LogP contribution in [0.4, 0.5) is 4.39 Å². The summed E-state index contributed by atoms with van der Waals surface area (Å²) in [5.74, 6) is -0.0906. The molecule has 1 amide bonds. The molecule has 0 spiro atoms. The van der Waals surface area contributed by atoms with E-state index in [4.69, 9.17) is 15.2 Å². The average Bonchev–Trinajstić information content (AvgIpc) is 2.95. The average molecular weight is 514 g/mol. The monoisotopic (exact) mass is 513 g/mol. The number of hydrogen-bond donors (Lipinski definition) is 1. The molecule has 1 heterocycles. The smallest absolute Gasteiger partial charge is 0.250 e. The van der Waals surface area contributed by atoms with E-state index >= 15 is 0 Å². The van der Waals surface area contributed by atoms with Gasteiger partial charge in [-0.05, 0) is 41.3 Å². The van der Waals surface area contributed by atoms with Crippen LogP contribution in [0.2, 0.25) is 0 Å². The first-order chi connectivity index (χ1) is 18.5. The normalized spacial score (nSPS) is 11.1. The van der Waals surface area contributed by atoms with Crippen LogP contribution in [0, 0.1) is 5.82 Å². The predicted octanol–water partition coefficient (Wildman–Crippen LogP) is 5.43. The van der Waals surface area contributed by atoms with E-state index in [0.29, 0.717) is 24.6 Å². The van der Waals surface area contributed by atoms with Crippen LogP contribution in [-0.2, 0) is 6.54 Å². The molecule has 0 aliphatic carbocycles. The molecule has 0 saturated carbocycles. The first kappa shape index (κ1) is 26.8. The second-order valence-electron chi connectivity index (χ2n) is 9.03. The summed E-state index contributed by atoms with van der Waals surface area (Å²) < 4.78 is 25.4. The van der Waals surface area contributed by atoms with Crippen LogP contribution in [0.5, 0.6) is 11.6 Å². The van der Waals surface area contributed by atoms with Gasteiger partial charge in [-0.15, -0.1) is 0 Å². The lowest BCUT2D eigenvalue weighted by molar-refractivity contribution is 0.1000. The molecular formula is C31H32FN3O3. The third kappa shape index (κ3) is 7.40. The Bertz CT molecular complexity index is 1260. The van der Waals surface area contributed by atoms with Crippen molar-refractivity contribution in [1.29, 1.82) is 0 Å². The summed E-state index contributed by atoms with van der Waals surface area (Å²) in [7, 11) is 1.46. The molecule has 0 unspecified atom stereocenters. The molecule has 0 atom stereocenters. The number of amides is 1. The first-order valence-corrected chi connectivity index (χ1v) is 12.6. The molecule has 0 bridgehead atoms. The summed E-state index contributed by atoms with van der Waals surface area (Å²) in [5, 5.41) is 0. The molecule has 0 aliphatic rings. The SMILES string of the molecule is COc1ccc(CN(CCCOc2ccc(C(N)=O)cn2)CC(c2ccccc2)c2ccccc2)cc1F. The zero-order valence-corrected chi connectivity index (χ0v) is 21.4. The van der Waals surface area contributed by atoms with Crippen LogP contribution in [0.25, 0.3) is 0 Å². The molecule has 196 valence electrons. The minimum atomic E-state index is -0.527. The summed E-state index contributed by atoms with van der Waals surface area (Å²) in [6, 6.07) is 29.2. The van der Waals surface area contributed by atoms with Crippen LogP contribution < -0.4 is 15.2 Å². The Morgan fingerprint density at radius 1 is 0.974 bits per heavy atom. The number of carbonyl (C=O) groups is 1. The number of rotatable bonds is 13. The number of halogens is 1. The zero-order valence-electron chi connectivity index (χ0n) is 21.4. The molecule has 4 aromatic rings. The van der Waals surface area contributed by atoms with Crippen molar-refractivity contribution in [3.05, 3.63) is 125 Å². The van der Waals surface area contributed by atoms with E-state index in [1.807, 2.05) is 18.2 Å². The van der Waals surface area contributed by atoms with E-state index in [-0.39, 0.29) is 17.5 Å². The fraction of sp³-hybridized carbons (Fsp3) is 0.226. The first-order valence-electron chi connectivity index (χ1n) is 12.6. The van der Waals surface area contributed by atoms with Crippen molar-refractivity contribution >= 4 is 5.91 Å². The highest BCUT2D eigenvalue weighted by atomic mass is 19.1. The van der Waals surface area contributed by atoms with Crippen molar-refractivity contribution in [3.63, 3.8) is 0 Å². The van der Waals surface area contributed by atoms with Gasteiger partial charge >= 0.3 is 0 Å². The molecule has 0 saturated heterocycles. The summed E-state index contributed by atoms with van der Waals surface area (Å²) >= 11 is 0. The maximum atomic E-state index is 14.5. The number of benzene rings is 3. The Morgan fingerprint density at radius 2 is 1.66 bits per heavy atom. The quantitative estimate of drug-likeness (QED) is 0.241. The molecule has 0 fully saturated rings. The van der Waals surface area contributed by atoms with Crippen molar-refractivity contribution in [2.75, 3.05) is 26.8 Å². The Kier molecular flexibility index (Phi) is 9.43. The molecule has 3 aromatic carbocycles. The van der Waals surface area contributed by atoms with Crippen molar-refractivity contribution in [1.82, 2.24) is 9.88 Å². The minimum absolute atomic E-state index is 0.143. The van der Waals surface area contributed by atoms with Crippen LogP contribution in [-0.4, -0.2) is 42.6 Å². The molecular weight excluding hydrogens is 481 g/mol.